The average Bonchev–Trinajstić information content (AvgIpc) is 2.81. The second-order valence-electron chi connectivity index (χ2n) is 7.82. The van der Waals surface area contributed by atoms with Crippen molar-refractivity contribution in [2.45, 2.75) is 20.0 Å². The molecule has 1 heterocycles. The van der Waals surface area contributed by atoms with E-state index < -0.39 is 0 Å². The third-order valence-corrected chi connectivity index (χ3v) is 5.63. The van der Waals surface area contributed by atoms with Crippen LogP contribution in [0.1, 0.15) is 16.7 Å². The largest absolute Gasteiger partial charge is 0.496 e. The van der Waals surface area contributed by atoms with Crippen LogP contribution in [0.2, 0.25) is 5.02 Å². The number of methoxy groups -OCH3 is 1. The number of anilines is 1. The van der Waals surface area contributed by atoms with Crippen molar-refractivity contribution >= 4 is 34.2 Å². The molecule has 0 bridgehead atoms. The fourth-order valence-corrected chi connectivity index (χ4v) is 3.79. The number of urea groups is 1. The van der Waals surface area contributed by atoms with Gasteiger partial charge in [0.15, 0.2) is 0 Å². The molecule has 0 atom stereocenters. The highest BCUT2D eigenvalue weighted by Crippen LogP contribution is 2.22. The van der Waals surface area contributed by atoms with Gasteiger partial charge in [-0.3, -0.25) is 4.79 Å². The van der Waals surface area contributed by atoms with E-state index in [-0.39, 0.29) is 24.7 Å². The van der Waals surface area contributed by atoms with Gasteiger partial charge in [-0.05, 0) is 60.8 Å². The molecule has 1 aromatic heterocycles. The second kappa shape index (κ2) is 9.79. The van der Waals surface area contributed by atoms with Crippen molar-refractivity contribution in [2.75, 3.05) is 12.4 Å². The number of carbonyl (C=O) groups is 1. The molecule has 0 fully saturated rings. The lowest BCUT2D eigenvalue weighted by atomic mass is 10.1. The van der Waals surface area contributed by atoms with E-state index in [1.165, 1.54) is 0 Å². The molecule has 0 aliphatic heterocycles. The predicted molar refractivity (Wildman–Crippen MR) is 132 cm³/mol. The number of carbonyl (C=O) groups excluding carboxylic acids is 1. The van der Waals surface area contributed by atoms with Crippen LogP contribution in [-0.4, -0.2) is 23.0 Å². The van der Waals surface area contributed by atoms with Crippen LogP contribution in [0, 0.1) is 6.92 Å². The molecular weight excluding hydrogens is 438 g/mol. The summed E-state index contributed by atoms with van der Waals surface area (Å²) in [5.74, 6) is 0.671. The van der Waals surface area contributed by atoms with E-state index in [4.69, 9.17) is 16.3 Å². The molecule has 3 aromatic carbocycles. The van der Waals surface area contributed by atoms with Gasteiger partial charge < -0.3 is 19.9 Å². The number of nitrogens with one attached hydrogen (secondary N) is 2. The van der Waals surface area contributed by atoms with Gasteiger partial charge in [0.05, 0.1) is 20.2 Å². The molecule has 0 aliphatic carbocycles. The van der Waals surface area contributed by atoms with Crippen LogP contribution in [0.5, 0.6) is 5.75 Å². The number of aryl methyl sites for hydroxylation is 1. The molecule has 7 heteroatoms. The van der Waals surface area contributed by atoms with E-state index in [1.54, 1.807) is 36.3 Å². The lowest BCUT2D eigenvalue weighted by Gasteiger charge is -2.24. The third-order valence-electron chi connectivity index (χ3n) is 5.37. The quantitative estimate of drug-likeness (QED) is 0.385. The van der Waals surface area contributed by atoms with Crippen molar-refractivity contribution in [1.29, 1.82) is 0 Å². The summed E-state index contributed by atoms with van der Waals surface area (Å²) in [6.07, 6.45) is 0. The normalized spacial score (nSPS) is 10.8. The van der Waals surface area contributed by atoms with Crippen LogP contribution in [0.4, 0.5) is 10.5 Å². The summed E-state index contributed by atoms with van der Waals surface area (Å²) in [6.45, 7) is 2.38. The summed E-state index contributed by atoms with van der Waals surface area (Å²) >= 11 is 5.96. The summed E-state index contributed by atoms with van der Waals surface area (Å²) in [5.41, 5.74) is 3.56. The zero-order chi connectivity index (χ0) is 23.4. The lowest BCUT2D eigenvalue weighted by molar-refractivity contribution is 0.205. The minimum atomic E-state index is -0.341. The third kappa shape index (κ3) is 5.35. The van der Waals surface area contributed by atoms with Gasteiger partial charge in [-0.15, -0.1) is 0 Å². The number of fused-ring (bicyclic) bond motifs is 1. The first-order chi connectivity index (χ1) is 15.9. The summed E-state index contributed by atoms with van der Waals surface area (Å²) in [5, 5.41) is 4.39. The van der Waals surface area contributed by atoms with Crippen molar-refractivity contribution in [3.63, 3.8) is 0 Å². The molecule has 4 aromatic rings. The number of hydrogen-bond acceptors (Lipinski definition) is 3. The van der Waals surface area contributed by atoms with E-state index in [9.17, 15) is 9.59 Å². The molecule has 2 amide bonds. The molecule has 33 heavy (non-hydrogen) atoms. The zero-order valence-electron chi connectivity index (χ0n) is 18.4. The Balaban J connectivity index is 1.68. The van der Waals surface area contributed by atoms with Gasteiger partial charge in [0.25, 0.3) is 5.56 Å². The van der Waals surface area contributed by atoms with E-state index in [2.05, 4.69) is 10.3 Å². The Kier molecular flexibility index (Phi) is 6.66. The number of ether oxygens (including phenoxy) is 1. The monoisotopic (exact) mass is 461 g/mol. The molecule has 4 rings (SSSR count). The number of H-pyrrole nitrogens is 1. The molecule has 2 N–H and O–H groups in total. The highest BCUT2D eigenvalue weighted by atomic mass is 35.5. The lowest BCUT2D eigenvalue weighted by Crippen LogP contribution is -2.35. The molecule has 168 valence electrons. The molecule has 0 spiro atoms. The average molecular weight is 462 g/mol. The first-order valence-corrected chi connectivity index (χ1v) is 10.9. The Hall–Kier alpha value is -3.77. The number of benzene rings is 3. The summed E-state index contributed by atoms with van der Waals surface area (Å²) in [7, 11) is 1.59. The number of rotatable bonds is 6. The van der Waals surface area contributed by atoms with Crippen molar-refractivity contribution in [3.8, 4) is 5.75 Å². The smallest absolute Gasteiger partial charge is 0.322 e. The van der Waals surface area contributed by atoms with Crippen LogP contribution in [0.3, 0.4) is 0 Å². The highest BCUT2D eigenvalue weighted by molar-refractivity contribution is 6.30. The Morgan fingerprint density at radius 1 is 1.00 bits per heavy atom. The van der Waals surface area contributed by atoms with E-state index >= 15 is 0 Å². The molecule has 0 aliphatic rings. The van der Waals surface area contributed by atoms with Gasteiger partial charge in [-0.1, -0.05) is 41.4 Å². The van der Waals surface area contributed by atoms with Crippen molar-refractivity contribution in [3.05, 3.63) is 105 Å². The highest BCUT2D eigenvalue weighted by Gasteiger charge is 2.19. The van der Waals surface area contributed by atoms with E-state index in [1.807, 2.05) is 55.5 Å². The van der Waals surface area contributed by atoms with Crippen LogP contribution in [0.25, 0.3) is 10.9 Å². The number of nitrogens with zero attached hydrogens (tertiary/aromatic N) is 1. The van der Waals surface area contributed by atoms with Crippen molar-refractivity contribution in [1.82, 2.24) is 9.88 Å². The Morgan fingerprint density at radius 3 is 2.48 bits per heavy atom. The topological polar surface area (TPSA) is 74.4 Å². The van der Waals surface area contributed by atoms with Crippen LogP contribution < -0.4 is 15.6 Å². The SMILES string of the molecule is COc1ccccc1CN(Cc1cc2cc(C)ccc2[nH]c1=O)C(=O)Nc1ccc(Cl)cc1. The zero-order valence-corrected chi connectivity index (χ0v) is 19.1. The maximum absolute atomic E-state index is 13.3. The van der Waals surface area contributed by atoms with Crippen LogP contribution >= 0.6 is 11.6 Å². The molecule has 0 saturated carbocycles. The predicted octanol–water partition coefficient (Wildman–Crippen LogP) is 5.73. The summed E-state index contributed by atoms with van der Waals surface area (Å²) < 4.78 is 5.46. The fourth-order valence-electron chi connectivity index (χ4n) is 3.67. The van der Waals surface area contributed by atoms with E-state index in [0.29, 0.717) is 22.0 Å². The fraction of sp³-hybridized carbons (Fsp3) is 0.154. The summed E-state index contributed by atoms with van der Waals surface area (Å²) in [4.78, 5) is 30.6. The second-order valence-corrected chi connectivity index (χ2v) is 8.26. The van der Waals surface area contributed by atoms with Gasteiger partial charge in [-0.25, -0.2) is 4.79 Å². The van der Waals surface area contributed by atoms with Gasteiger partial charge in [0, 0.05) is 27.4 Å². The minimum Gasteiger partial charge on any atom is -0.496 e. The maximum Gasteiger partial charge on any atom is 0.322 e. The van der Waals surface area contributed by atoms with Crippen molar-refractivity contribution in [2.24, 2.45) is 0 Å². The van der Waals surface area contributed by atoms with Crippen LogP contribution in [0.15, 0.2) is 77.6 Å². The first-order valence-electron chi connectivity index (χ1n) is 10.5. The molecule has 6 nitrogen and oxygen atoms in total. The first kappa shape index (κ1) is 22.4. The van der Waals surface area contributed by atoms with Gasteiger partial charge in [0.1, 0.15) is 5.75 Å². The van der Waals surface area contributed by atoms with Gasteiger partial charge >= 0.3 is 6.03 Å². The Bertz CT molecular complexity index is 1350. The van der Waals surface area contributed by atoms with Crippen LogP contribution in [-0.2, 0) is 13.1 Å². The number of hydrogen-bond donors (Lipinski definition) is 2. The minimum absolute atomic E-state index is 0.122. The summed E-state index contributed by atoms with van der Waals surface area (Å²) in [6, 6.07) is 21.7. The number of para-hydroxylation sites is 1. The molecule has 0 unspecified atom stereocenters. The standard InChI is InChI=1S/C26H24ClN3O3/c1-17-7-12-23-19(13-17)14-20(25(31)29-23)16-30(15-18-5-3-4-6-24(18)33-2)26(32)28-22-10-8-21(27)9-11-22/h3-14H,15-16H2,1-2H3,(H,28,32)(H,29,31). The van der Waals surface area contributed by atoms with E-state index in [0.717, 1.165) is 22.0 Å². The molecule has 0 radical (unpaired) electrons. The Morgan fingerprint density at radius 2 is 1.73 bits per heavy atom. The molecular formula is C26H24ClN3O3. The molecule has 0 saturated heterocycles. The number of aromatic nitrogens is 1. The number of halogens is 1. The van der Waals surface area contributed by atoms with Gasteiger partial charge in [-0.2, -0.15) is 0 Å². The number of pyridine rings is 1. The Labute approximate surface area is 196 Å². The maximum atomic E-state index is 13.3. The van der Waals surface area contributed by atoms with Gasteiger partial charge in [0.2, 0.25) is 0 Å². The number of aromatic amines is 1. The van der Waals surface area contributed by atoms with Crippen molar-refractivity contribution < 1.29 is 9.53 Å². The number of amides is 2.